The molecule has 1 aliphatic heterocycles. The van der Waals surface area contributed by atoms with E-state index in [1.807, 2.05) is 0 Å². The number of hydrogen-bond acceptors (Lipinski definition) is 5. The second kappa shape index (κ2) is 6.44. The SMILES string of the molecule is CCCN1B(C)N(c2ccccc2)CN(c2ncn[nH]2)B1C. The third-order valence-corrected chi connectivity index (χ3v) is 4.41. The first-order valence-electron chi connectivity index (χ1n) is 7.91. The summed E-state index contributed by atoms with van der Waals surface area (Å²) in [4.78, 5) is 9.00. The monoisotopic (exact) mass is 296 g/mol. The van der Waals surface area contributed by atoms with Gasteiger partial charge in [0, 0.05) is 5.69 Å². The Balaban J connectivity index is 1.93. The molecule has 1 aromatic carbocycles. The van der Waals surface area contributed by atoms with Crippen molar-refractivity contribution in [2.75, 3.05) is 22.8 Å². The third-order valence-electron chi connectivity index (χ3n) is 4.41. The van der Waals surface area contributed by atoms with Crippen molar-refractivity contribution in [3.05, 3.63) is 36.7 Å². The van der Waals surface area contributed by atoms with Crippen LogP contribution in [0.1, 0.15) is 13.3 Å². The van der Waals surface area contributed by atoms with E-state index in [0.717, 1.165) is 25.6 Å². The van der Waals surface area contributed by atoms with Gasteiger partial charge < -0.3 is 14.3 Å². The maximum atomic E-state index is 4.34. The first kappa shape index (κ1) is 15.0. The van der Waals surface area contributed by atoms with Gasteiger partial charge in [-0.05, 0) is 25.1 Å². The zero-order valence-corrected chi connectivity index (χ0v) is 13.5. The van der Waals surface area contributed by atoms with Gasteiger partial charge in [-0.25, -0.2) is 10.1 Å². The Morgan fingerprint density at radius 2 is 1.86 bits per heavy atom. The number of hydrogen-bond donors (Lipinski definition) is 1. The number of aromatic nitrogens is 3. The maximum absolute atomic E-state index is 4.34. The highest BCUT2D eigenvalue weighted by molar-refractivity contribution is 6.77. The van der Waals surface area contributed by atoms with Crippen LogP contribution in [0.15, 0.2) is 36.7 Å². The van der Waals surface area contributed by atoms with E-state index in [9.17, 15) is 0 Å². The number of aromatic amines is 1. The van der Waals surface area contributed by atoms with Crippen LogP contribution >= 0.6 is 0 Å². The van der Waals surface area contributed by atoms with Crippen LogP contribution in [0.25, 0.3) is 0 Å². The molecule has 0 amide bonds. The van der Waals surface area contributed by atoms with Gasteiger partial charge in [0.1, 0.15) is 6.33 Å². The largest absolute Gasteiger partial charge is 0.386 e. The van der Waals surface area contributed by atoms with Crippen molar-refractivity contribution < 1.29 is 0 Å². The van der Waals surface area contributed by atoms with Crippen LogP contribution in [-0.4, -0.2) is 47.1 Å². The summed E-state index contributed by atoms with van der Waals surface area (Å²) in [7, 11) is 0. The van der Waals surface area contributed by atoms with Gasteiger partial charge >= 0.3 is 14.0 Å². The molecule has 0 atom stereocenters. The molecular weight excluding hydrogens is 274 g/mol. The molecule has 2 heterocycles. The van der Waals surface area contributed by atoms with E-state index in [2.05, 4.69) is 80.4 Å². The van der Waals surface area contributed by atoms with Crippen LogP contribution in [0.2, 0.25) is 13.6 Å². The number of rotatable bonds is 4. The fourth-order valence-corrected chi connectivity index (χ4v) is 3.20. The molecule has 0 bridgehead atoms. The van der Waals surface area contributed by atoms with E-state index < -0.39 is 0 Å². The van der Waals surface area contributed by atoms with E-state index in [1.165, 1.54) is 5.69 Å². The first-order chi connectivity index (χ1) is 10.7. The Kier molecular flexibility index (Phi) is 4.38. The summed E-state index contributed by atoms with van der Waals surface area (Å²) in [6, 6.07) is 10.6. The highest BCUT2D eigenvalue weighted by atomic mass is 15.4. The van der Waals surface area contributed by atoms with Crippen molar-refractivity contribution in [1.29, 1.82) is 0 Å². The quantitative estimate of drug-likeness (QED) is 0.875. The molecule has 0 spiro atoms. The summed E-state index contributed by atoms with van der Waals surface area (Å²) in [6.07, 6.45) is 2.69. The Morgan fingerprint density at radius 1 is 1.14 bits per heavy atom. The van der Waals surface area contributed by atoms with E-state index >= 15 is 0 Å². The highest BCUT2D eigenvalue weighted by Gasteiger charge is 2.41. The van der Waals surface area contributed by atoms with Gasteiger partial charge in [0.15, 0.2) is 0 Å². The molecule has 0 unspecified atom stereocenters. The fourth-order valence-electron chi connectivity index (χ4n) is 3.20. The van der Waals surface area contributed by atoms with E-state index in [0.29, 0.717) is 6.98 Å². The maximum Gasteiger partial charge on any atom is 0.333 e. The molecule has 6 nitrogen and oxygen atoms in total. The van der Waals surface area contributed by atoms with Crippen molar-refractivity contribution in [2.45, 2.75) is 27.0 Å². The second-order valence-corrected chi connectivity index (χ2v) is 5.73. The zero-order valence-electron chi connectivity index (χ0n) is 13.5. The molecule has 1 aromatic heterocycles. The molecule has 8 heteroatoms. The van der Waals surface area contributed by atoms with Crippen LogP contribution in [-0.2, 0) is 0 Å². The summed E-state index contributed by atoms with van der Waals surface area (Å²) in [5, 5.41) is 7.00. The minimum Gasteiger partial charge on any atom is -0.386 e. The Hall–Kier alpha value is -1.95. The van der Waals surface area contributed by atoms with Crippen molar-refractivity contribution in [3.8, 4) is 0 Å². The van der Waals surface area contributed by atoms with Crippen molar-refractivity contribution in [2.24, 2.45) is 0 Å². The Labute approximate surface area is 132 Å². The molecule has 3 rings (SSSR count). The van der Waals surface area contributed by atoms with Crippen LogP contribution in [0, 0.1) is 0 Å². The summed E-state index contributed by atoms with van der Waals surface area (Å²) in [5.41, 5.74) is 1.23. The van der Waals surface area contributed by atoms with Gasteiger partial charge in [-0.2, -0.15) is 5.10 Å². The lowest BCUT2D eigenvalue weighted by molar-refractivity contribution is 0.593. The lowest BCUT2D eigenvalue weighted by atomic mass is 9.57. The third kappa shape index (κ3) is 2.70. The number of nitrogens with zero attached hydrogens (tertiary/aromatic N) is 5. The van der Waals surface area contributed by atoms with E-state index in [4.69, 9.17) is 0 Å². The second-order valence-electron chi connectivity index (χ2n) is 5.73. The van der Waals surface area contributed by atoms with Gasteiger partial charge in [0.2, 0.25) is 5.95 Å². The molecule has 2 aromatic rings. The lowest BCUT2D eigenvalue weighted by Gasteiger charge is -2.49. The van der Waals surface area contributed by atoms with Gasteiger partial charge in [-0.1, -0.05) is 38.8 Å². The fraction of sp³-hybridized carbons (Fsp3) is 0.429. The number of benzene rings is 1. The van der Waals surface area contributed by atoms with Crippen LogP contribution < -0.4 is 9.62 Å². The Morgan fingerprint density at radius 3 is 2.50 bits per heavy atom. The predicted molar refractivity (Wildman–Crippen MR) is 92.9 cm³/mol. The molecule has 0 radical (unpaired) electrons. The number of H-pyrrole nitrogens is 1. The predicted octanol–water partition coefficient (Wildman–Crippen LogP) is 2.04. The standard InChI is InChI=1S/C14H22B2N6/c1-4-10-22-15(2)20(13-8-6-5-7-9-13)12-21(16(22)3)14-17-11-18-19-14/h5-9,11H,4,10,12H2,1-3H3,(H,17,18,19). The molecule has 1 N–H and O–H groups in total. The van der Waals surface area contributed by atoms with Gasteiger partial charge in [0.25, 0.3) is 0 Å². The topological polar surface area (TPSA) is 51.3 Å². The van der Waals surface area contributed by atoms with Crippen LogP contribution in [0.3, 0.4) is 0 Å². The summed E-state index contributed by atoms with van der Waals surface area (Å²) < 4.78 is 2.50. The molecule has 1 fully saturated rings. The minimum absolute atomic E-state index is 0.280. The minimum atomic E-state index is 0.280. The molecular formula is C14H22B2N6. The highest BCUT2D eigenvalue weighted by Crippen LogP contribution is 2.25. The molecule has 114 valence electrons. The first-order valence-corrected chi connectivity index (χ1v) is 7.91. The van der Waals surface area contributed by atoms with Crippen molar-refractivity contribution in [3.63, 3.8) is 0 Å². The summed E-state index contributed by atoms with van der Waals surface area (Å²) in [5.74, 6) is 0.821. The van der Waals surface area contributed by atoms with Crippen LogP contribution in [0.5, 0.6) is 0 Å². The average molecular weight is 296 g/mol. The molecule has 0 aliphatic carbocycles. The number of anilines is 2. The lowest BCUT2D eigenvalue weighted by Crippen LogP contribution is -2.70. The molecule has 1 aliphatic rings. The Bertz CT molecular complexity index is 578. The summed E-state index contributed by atoms with van der Waals surface area (Å²) in [6.45, 7) is 9.20. The molecule has 0 saturated carbocycles. The van der Waals surface area contributed by atoms with Crippen molar-refractivity contribution in [1.82, 2.24) is 19.9 Å². The zero-order chi connectivity index (χ0) is 15.5. The number of nitrogens with one attached hydrogen (secondary N) is 1. The van der Waals surface area contributed by atoms with Crippen molar-refractivity contribution >= 4 is 25.6 Å². The van der Waals surface area contributed by atoms with E-state index in [1.54, 1.807) is 6.33 Å². The smallest absolute Gasteiger partial charge is 0.333 e. The van der Waals surface area contributed by atoms with Gasteiger partial charge in [0.05, 0.1) is 6.67 Å². The van der Waals surface area contributed by atoms with Gasteiger partial charge in [-0.15, -0.1) is 0 Å². The van der Waals surface area contributed by atoms with E-state index in [-0.39, 0.29) is 6.98 Å². The van der Waals surface area contributed by atoms with Crippen LogP contribution in [0.4, 0.5) is 11.6 Å². The van der Waals surface area contributed by atoms with Gasteiger partial charge in [-0.3, -0.25) is 0 Å². The number of para-hydroxylation sites is 1. The average Bonchev–Trinajstić information content (AvgIpc) is 3.07. The normalized spacial score (nSPS) is 16.5. The molecule has 1 saturated heterocycles. The summed E-state index contributed by atoms with van der Waals surface area (Å²) >= 11 is 0. The molecule has 22 heavy (non-hydrogen) atoms.